The molecule has 1 N–H and O–H groups in total. The Morgan fingerprint density at radius 3 is 2.77 bits per heavy atom. The van der Waals surface area contributed by atoms with Gasteiger partial charge < -0.3 is 15.1 Å². The van der Waals surface area contributed by atoms with E-state index in [0.29, 0.717) is 36.8 Å². The Morgan fingerprint density at radius 2 is 2.04 bits per heavy atom. The number of rotatable bonds is 5. The van der Waals surface area contributed by atoms with E-state index in [4.69, 9.17) is 0 Å². The van der Waals surface area contributed by atoms with Crippen molar-refractivity contribution in [2.75, 3.05) is 43.4 Å². The van der Waals surface area contributed by atoms with Crippen molar-refractivity contribution < 1.29 is 13.6 Å². The van der Waals surface area contributed by atoms with E-state index in [1.165, 1.54) is 18.5 Å². The number of carbonyl (C=O) groups excluding carboxylic acids is 1. The first-order valence-corrected chi connectivity index (χ1v) is 8.44. The molecule has 1 fully saturated rings. The lowest BCUT2D eigenvalue weighted by atomic mass is 10.0. The summed E-state index contributed by atoms with van der Waals surface area (Å²) in [5, 5.41) is 3.15. The lowest BCUT2D eigenvalue weighted by Gasteiger charge is -2.32. The summed E-state index contributed by atoms with van der Waals surface area (Å²) < 4.78 is 26.9. The molecule has 1 atom stereocenters. The van der Waals surface area contributed by atoms with Crippen LogP contribution in [-0.2, 0) is 4.79 Å². The maximum atomic E-state index is 13.9. The molecule has 1 aliphatic heterocycles. The summed E-state index contributed by atoms with van der Waals surface area (Å²) >= 11 is 0. The van der Waals surface area contributed by atoms with Gasteiger partial charge in [0.15, 0.2) is 0 Å². The van der Waals surface area contributed by atoms with Gasteiger partial charge in [-0.05, 0) is 11.6 Å². The molecule has 1 aliphatic rings. The quantitative estimate of drug-likeness (QED) is 0.885. The van der Waals surface area contributed by atoms with Gasteiger partial charge in [0.2, 0.25) is 5.91 Å². The molecule has 0 radical (unpaired) electrons. The van der Waals surface area contributed by atoms with Crippen LogP contribution in [-0.4, -0.2) is 54.0 Å². The molecular weight excluding hydrogens is 340 g/mol. The minimum Gasteiger partial charge on any atom is -0.369 e. The summed E-state index contributed by atoms with van der Waals surface area (Å²) in [5.41, 5.74) is 0.442. The van der Waals surface area contributed by atoms with Gasteiger partial charge in [0.05, 0.1) is 6.54 Å². The second-order valence-corrected chi connectivity index (χ2v) is 6.45. The van der Waals surface area contributed by atoms with Gasteiger partial charge in [-0.2, -0.15) is 0 Å². The van der Waals surface area contributed by atoms with Crippen LogP contribution in [0, 0.1) is 11.6 Å². The zero-order valence-corrected chi connectivity index (χ0v) is 14.7. The molecular formula is C18H21F2N5O. The molecule has 0 aliphatic carbocycles. The van der Waals surface area contributed by atoms with Gasteiger partial charge in [0.1, 0.15) is 29.6 Å². The van der Waals surface area contributed by atoms with Gasteiger partial charge in [0, 0.05) is 44.7 Å². The van der Waals surface area contributed by atoms with Crippen molar-refractivity contribution in [2.24, 2.45) is 0 Å². The second kappa shape index (κ2) is 7.63. The summed E-state index contributed by atoms with van der Waals surface area (Å²) in [4.78, 5) is 23.9. The van der Waals surface area contributed by atoms with E-state index in [-0.39, 0.29) is 18.4 Å². The first kappa shape index (κ1) is 18.0. The van der Waals surface area contributed by atoms with E-state index in [1.807, 2.05) is 11.8 Å². The van der Waals surface area contributed by atoms with Gasteiger partial charge in [-0.15, -0.1) is 0 Å². The molecule has 1 saturated heterocycles. The third-order valence-corrected chi connectivity index (χ3v) is 4.52. The predicted molar refractivity (Wildman–Crippen MR) is 95.1 cm³/mol. The summed E-state index contributed by atoms with van der Waals surface area (Å²) in [7, 11) is 1.78. The number of halogens is 2. The second-order valence-electron chi connectivity index (χ2n) is 6.45. The summed E-state index contributed by atoms with van der Waals surface area (Å²) in [5.74, 6) is -0.00322. The highest BCUT2D eigenvalue weighted by molar-refractivity contribution is 5.82. The maximum Gasteiger partial charge on any atom is 0.241 e. The smallest absolute Gasteiger partial charge is 0.241 e. The van der Waals surface area contributed by atoms with Crippen LogP contribution in [0.1, 0.15) is 18.4 Å². The number of benzene rings is 1. The minimum absolute atomic E-state index is 0.0461. The maximum absolute atomic E-state index is 13.9. The molecule has 3 rings (SSSR count). The molecule has 8 heteroatoms. The van der Waals surface area contributed by atoms with Crippen LogP contribution in [0.4, 0.5) is 20.4 Å². The van der Waals surface area contributed by atoms with Crippen LogP contribution in [0.15, 0.2) is 30.6 Å². The molecule has 2 heterocycles. The van der Waals surface area contributed by atoms with Crippen LogP contribution in [0.5, 0.6) is 0 Å². The van der Waals surface area contributed by atoms with Crippen molar-refractivity contribution in [3.8, 4) is 0 Å². The van der Waals surface area contributed by atoms with Crippen LogP contribution in [0.25, 0.3) is 0 Å². The largest absolute Gasteiger partial charge is 0.369 e. The van der Waals surface area contributed by atoms with Crippen LogP contribution < -0.4 is 10.2 Å². The van der Waals surface area contributed by atoms with E-state index >= 15 is 0 Å². The normalized spacial score (nSPS) is 15.9. The Kier molecular flexibility index (Phi) is 5.29. The first-order valence-electron chi connectivity index (χ1n) is 8.44. The SMILES string of the molecule is CC(CNc1cc(N2CCN(C)C(=O)C2)ncn1)c1ccc(F)cc1F. The molecule has 0 saturated carbocycles. The van der Waals surface area contributed by atoms with Gasteiger partial charge >= 0.3 is 0 Å². The van der Waals surface area contributed by atoms with Crippen LogP contribution in [0.3, 0.4) is 0 Å². The summed E-state index contributed by atoms with van der Waals surface area (Å²) in [6.07, 6.45) is 1.43. The number of anilines is 2. The van der Waals surface area contributed by atoms with Gasteiger partial charge in [-0.1, -0.05) is 13.0 Å². The zero-order chi connectivity index (χ0) is 18.7. The Labute approximate surface area is 150 Å². The number of nitrogens with one attached hydrogen (secondary N) is 1. The van der Waals surface area contributed by atoms with Crippen LogP contribution >= 0.6 is 0 Å². The average Bonchev–Trinajstić information content (AvgIpc) is 2.62. The number of aromatic nitrogens is 2. The fourth-order valence-electron chi connectivity index (χ4n) is 2.84. The highest BCUT2D eigenvalue weighted by Gasteiger charge is 2.22. The average molecular weight is 361 g/mol. The summed E-state index contributed by atoms with van der Waals surface area (Å²) in [6.45, 7) is 3.91. The minimum atomic E-state index is -0.589. The Balaban J connectivity index is 1.64. The topological polar surface area (TPSA) is 61.4 Å². The van der Waals surface area contributed by atoms with Crippen molar-refractivity contribution in [2.45, 2.75) is 12.8 Å². The highest BCUT2D eigenvalue weighted by atomic mass is 19.1. The lowest BCUT2D eigenvalue weighted by molar-refractivity contribution is -0.129. The first-order chi connectivity index (χ1) is 12.4. The zero-order valence-electron chi connectivity index (χ0n) is 14.7. The summed E-state index contributed by atoms with van der Waals surface area (Å²) in [6, 6.07) is 5.37. The van der Waals surface area contributed by atoms with Gasteiger partial charge in [-0.25, -0.2) is 18.7 Å². The van der Waals surface area contributed by atoms with Crippen LogP contribution in [0.2, 0.25) is 0 Å². The molecule has 1 amide bonds. The number of nitrogens with zero attached hydrogens (tertiary/aromatic N) is 4. The molecule has 6 nitrogen and oxygen atoms in total. The molecule has 138 valence electrons. The monoisotopic (exact) mass is 361 g/mol. The van der Waals surface area contributed by atoms with E-state index < -0.39 is 11.6 Å². The van der Waals surface area contributed by atoms with Gasteiger partial charge in [-0.3, -0.25) is 4.79 Å². The van der Waals surface area contributed by atoms with Gasteiger partial charge in [0.25, 0.3) is 0 Å². The van der Waals surface area contributed by atoms with E-state index in [0.717, 1.165) is 6.07 Å². The predicted octanol–water partition coefficient (Wildman–Crippen LogP) is 2.25. The highest BCUT2D eigenvalue weighted by Crippen LogP contribution is 2.21. The number of carbonyl (C=O) groups is 1. The Morgan fingerprint density at radius 1 is 1.23 bits per heavy atom. The molecule has 1 unspecified atom stereocenters. The Bertz CT molecular complexity index is 801. The number of likely N-dealkylation sites (N-methyl/N-ethyl adjacent to an activating group) is 1. The van der Waals surface area contributed by atoms with E-state index in [9.17, 15) is 13.6 Å². The fourth-order valence-corrected chi connectivity index (χ4v) is 2.84. The number of hydrogen-bond donors (Lipinski definition) is 1. The standard InChI is InChI=1S/C18H21F2N5O/c1-12(14-4-3-13(19)7-15(14)20)9-21-16-8-17(23-11-22-16)25-6-5-24(2)18(26)10-25/h3-4,7-8,11-12H,5-6,9-10H2,1-2H3,(H,21,22,23). The van der Waals surface area contributed by atoms with Crippen molar-refractivity contribution in [3.63, 3.8) is 0 Å². The van der Waals surface area contributed by atoms with Crippen molar-refractivity contribution in [1.29, 1.82) is 0 Å². The number of hydrogen-bond acceptors (Lipinski definition) is 5. The fraction of sp³-hybridized carbons (Fsp3) is 0.389. The Hall–Kier alpha value is -2.77. The number of amides is 1. The van der Waals surface area contributed by atoms with Crippen molar-refractivity contribution >= 4 is 17.5 Å². The molecule has 1 aromatic carbocycles. The third-order valence-electron chi connectivity index (χ3n) is 4.52. The third kappa shape index (κ3) is 4.07. The van der Waals surface area contributed by atoms with Crippen molar-refractivity contribution in [1.82, 2.24) is 14.9 Å². The molecule has 2 aromatic rings. The molecule has 0 spiro atoms. The van der Waals surface area contributed by atoms with E-state index in [1.54, 1.807) is 18.0 Å². The molecule has 1 aromatic heterocycles. The molecule has 0 bridgehead atoms. The van der Waals surface area contributed by atoms with Crippen molar-refractivity contribution in [3.05, 3.63) is 47.8 Å². The molecule has 26 heavy (non-hydrogen) atoms. The lowest BCUT2D eigenvalue weighted by Crippen LogP contribution is -2.48. The number of piperazine rings is 1. The van der Waals surface area contributed by atoms with E-state index in [2.05, 4.69) is 15.3 Å².